The van der Waals surface area contributed by atoms with Crippen molar-refractivity contribution < 1.29 is 13.6 Å². The first-order chi connectivity index (χ1) is 14.4. The molecule has 2 aromatic carbocycles. The van der Waals surface area contributed by atoms with Gasteiger partial charge in [0.05, 0.1) is 11.9 Å². The second-order valence-corrected chi connectivity index (χ2v) is 7.83. The fourth-order valence-corrected chi connectivity index (χ4v) is 3.94. The molecule has 2 heterocycles. The summed E-state index contributed by atoms with van der Waals surface area (Å²) in [6.45, 7) is 3.61. The Balaban J connectivity index is 1.55. The zero-order valence-corrected chi connectivity index (χ0v) is 17.1. The van der Waals surface area contributed by atoms with E-state index < -0.39 is 0 Å². The standard InChI is InChI=1S/C22H18F2N4OS/c1-13-9-17(24)7-8-19(13)27-20(29)12-30-21-10-14(2)26-22-18(11-25-28(21)22)15-3-5-16(23)6-4-15/h3-11H,12H2,1-2H3,(H,27,29). The van der Waals surface area contributed by atoms with Crippen LogP contribution in [-0.4, -0.2) is 26.3 Å². The summed E-state index contributed by atoms with van der Waals surface area (Å²) in [4.78, 5) is 17.0. The quantitative estimate of drug-likeness (QED) is 0.361. The van der Waals surface area contributed by atoms with Crippen LogP contribution >= 0.6 is 11.8 Å². The van der Waals surface area contributed by atoms with E-state index in [4.69, 9.17) is 0 Å². The molecule has 0 saturated carbocycles. The van der Waals surface area contributed by atoms with Crippen LogP contribution in [0.2, 0.25) is 0 Å². The molecule has 8 heteroatoms. The highest BCUT2D eigenvalue weighted by atomic mass is 32.2. The molecule has 0 atom stereocenters. The van der Waals surface area contributed by atoms with Gasteiger partial charge in [-0.15, -0.1) is 0 Å². The molecule has 0 spiro atoms. The maximum absolute atomic E-state index is 13.3. The number of rotatable bonds is 5. The second kappa shape index (κ2) is 8.23. The Morgan fingerprint density at radius 2 is 1.80 bits per heavy atom. The third-order valence-electron chi connectivity index (χ3n) is 4.54. The zero-order valence-electron chi connectivity index (χ0n) is 16.3. The maximum atomic E-state index is 13.3. The van der Waals surface area contributed by atoms with Gasteiger partial charge < -0.3 is 5.32 Å². The van der Waals surface area contributed by atoms with Gasteiger partial charge in [-0.25, -0.2) is 18.3 Å². The molecular formula is C22H18F2N4OS. The zero-order chi connectivity index (χ0) is 21.3. The van der Waals surface area contributed by atoms with Crippen molar-refractivity contribution in [1.82, 2.24) is 14.6 Å². The molecule has 4 aromatic rings. The Morgan fingerprint density at radius 3 is 2.53 bits per heavy atom. The summed E-state index contributed by atoms with van der Waals surface area (Å²) in [5.74, 6) is -0.701. The number of halogens is 2. The predicted molar refractivity (Wildman–Crippen MR) is 114 cm³/mol. The highest BCUT2D eigenvalue weighted by molar-refractivity contribution is 7.99. The van der Waals surface area contributed by atoms with E-state index in [-0.39, 0.29) is 23.3 Å². The smallest absolute Gasteiger partial charge is 0.234 e. The molecule has 0 radical (unpaired) electrons. The monoisotopic (exact) mass is 424 g/mol. The normalized spacial score (nSPS) is 11.1. The summed E-state index contributed by atoms with van der Waals surface area (Å²) in [6, 6.07) is 12.2. The summed E-state index contributed by atoms with van der Waals surface area (Å²) >= 11 is 1.33. The van der Waals surface area contributed by atoms with Gasteiger partial charge in [-0.05, 0) is 61.4 Å². The molecule has 1 amide bonds. The number of nitrogens with one attached hydrogen (secondary N) is 1. The molecular weight excluding hydrogens is 406 g/mol. The summed E-state index contributed by atoms with van der Waals surface area (Å²) in [6.07, 6.45) is 1.68. The average molecular weight is 424 g/mol. The van der Waals surface area contributed by atoms with E-state index in [1.165, 1.54) is 36.0 Å². The average Bonchev–Trinajstić information content (AvgIpc) is 3.12. The number of fused-ring (bicyclic) bond motifs is 1. The first kappa shape index (κ1) is 20.0. The van der Waals surface area contributed by atoms with Crippen LogP contribution in [-0.2, 0) is 4.79 Å². The fourth-order valence-electron chi connectivity index (χ4n) is 3.08. The van der Waals surface area contributed by atoms with Crippen molar-refractivity contribution in [2.24, 2.45) is 0 Å². The number of amides is 1. The van der Waals surface area contributed by atoms with Crippen molar-refractivity contribution in [3.05, 3.63) is 77.6 Å². The lowest BCUT2D eigenvalue weighted by atomic mass is 10.1. The first-order valence-corrected chi connectivity index (χ1v) is 10.2. The van der Waals surface area contributed by atoms with Crippen molar-refractivity contribution in [2.45, 2.75) is 18.9 Å². The molecule has 2 aromatic heterocycles. The van der Waals surface area contributed by atoms with Gasteiger partial charge >= 0.3 is 0 Å². The van der Waals surface area contributed by atoms with Crippen molar-refractivity contribution in [2.75, 3.05) is 11.1 Å². The van der Waals surface area contributed by atoms with Gasteiger partial charge in [-0.1, -0.05) is 23.9 Å². The molecule has 0 saturated heterocycles. The van der Waals surface area contributed by atoms with Crippen molar-refractivity contribution >= 4 is 29.0 Å². The molecule has 0 unspecified atom stereocenters. The van der Waals surface area contributed by atoms with E-state index in [0.29, 0.717) is 16.9 Å². The third kappa shape index (κ3) is 4.18. The number of thioether (sulfide) groups is 1. The van der Waals surface area contributed by atoms with E-state index in [2.05, 4.69) is 15.4 Å². The SMILES string of the molecule is Cc1cc(SCC(=O)Nc2ccc(F)cc2C)n2ncc(-c3ccc(F)cc3)c2n1. The Kier molecular flexibility index (Phi) is 5.50. The minimum Gasteiger partial charge on any atom is -0.325 e. The van der Waals surface area contributed by atoms with Crippen LogP contribution in [0.1, 0.15) is 11.3 Å². The van der Waals surface area contributed by atoms with Crippen molar-refractivity contribution in [3.8, 4) is 11.1 Å². The van der Waals surface area contributed by atoms with Gasteiger partial charge in [-0.3, -0.25) is 4.79 Å². The minimum atomic E-state index is -0.342. The Hall–Kier alpha value is -3.26. The Morgan fingerprint density at radius 1 is 1.07 bits per heavy atom. The molecule has 0 aliphatic carbocycles. The van der Waals surface area contributed by atoms with Crippen LogP contribution < -0.4 is 5.32 Å². The summed E-state index contributed by atoms with van der Waals surface area (Å²) < 4.78 is 28.2. The molecule has 1 N–H and O–H groups in total. The minimum absolute atomic E-state index is 0.154. The van der Waals surface area contributed by atoms with Crippen LogP contribution in [0.25, 0.3) is 16.8 Å². The van der Waals surface area contributed by atoms with Crippen LogP contribution in [0, 0.1) is 25.5 Å². The van der Waals surface area contributed by atoms with Crippen LogP contribution in [0.3, 0.4) is 0 Å². The highest BCUT2D eigenvalue weighted by Gasteiger charge is 2.14. The van der Waals surface area contributed by atoms with Gasteiger partial charge in [0.2, 0.25) is 5.91 Å². The third-order valence-corrected chi connectivity index (χ3v) is 5.53. The second-order valence-electron chi connectivity index (χ2n) is 6.83. The number of carbonyl (C=O) groups excluding carboxylic acids is 1. The number of nitrogens with zero attached hydrogens (tertiary/aromatic N) is 3. The van der Waals surface area contributed by atoms with E-state index in [1.807, 2.05) is 13.0 Å². The van der Waals surface area contributed by atoms with Crippen LogP contribution in [0.15, 0.2) is 59.8 Å². The lowest BCUT2D eigenvalue weighted by Gasteiger charge is -2.09. The van der Waals surface area contributed by atoms with Crippen LogP contribution in [0.4, 0.5) is 14.5 Å². The maximum Gasteiger partial charge on any atom is 0.234 e. The molecule has 152 valence electrons. The predicted octanol–water partition coefficient (Wildman–Crippen LogP) is 5.02. The molecule has 30 heavy (non-hydrogen) atoms. The number of aromatic nitrogens is 3. The number of hydrogen-bond donors (Lipinski definition) is 1. The van der Waals surface area contributed by atoms with Crippen molar-refractivity contribution in [3.63, 3.8) is 0 Å². The van der Waals surface area contributed by atoms with Crippen molar-refractivity contribution in [1.29, 1.82) is 0 Å². The van der Waals surface area contributed by atoms with Gasteiger partial charge in [0.1, 0.15) is 16.7 Å². The number of benzene rings is 2. The lowest BCUT2D eigenvalue weighted by Crippen LogP contribution is -2.15. The molecule has 0 aliphatic rings. The molecule has 0 aliphatic heterocycles. The van der Waals surface area contributed by atoms with E-state index >= 15 is 0 Å². The Bertz CT molecular complexity index is 1240. The molecule has 0 bridgehead atoms. The summed E-state index contributed by atoms with van der Waals surface area (Å²) in [5.41, 5.74) is 4.25. The number of carbonyl (C=O) groups is 1. The molecule has 0 fully saturated rings. The van der Waals surface area contributed by atoms with Gasteiger partial charge in [0.15, 0.2) is 5.65 Å². The first-order valence-electron chi connectivity index (χ1n) is 9.21. The molecule has 4 rings (SSSR count). The summed E-state index contributed by atoms with van der Waals surface area (Å²) in [7, 11) is 0. The fraction of sp³-hybridized carbons (Fsp3) is 0.136. The largest absolute Gasteiger partial charge is 0.325 e. The van der Waals surface area contributed by atoms with Crippen LogP contribution in [0.5, 0.6) is 0 Å². The highest BCUT2D eigenvalue weighted by Crippen LogP contribution is 2.28. The van der Waals surface area contributed by atoms with E-state index in [1.54, 1.807) is 35.8 Å². The lowest BCUT2D eigenvalue weighted by molar-refractivity contribution is -0.113. The topological polar surface area (TPSA) is 59.3 Å². The number of aryl methyl sites for hydroxylation is 2. The van der Waals surface area contributed by atoms with Gasteiger partial charge in [0.25, 0.3) is 0 Å². The van der Waals surface area contributed by atoms with Gasteiger partial charge in [0, 0.05) is 16.9 Å². The summed E-state index contributed by atoms with van der Waals surface area (Å²) in [5, 5.41) is 7.97. The van der Waals surface area contributed by atoms with Gasteiger partial charge in [-0.2, -0.15) is 5.10 Å². The number of hydrogen-bond acceptors (Lipinski definition) is 4. The Labute approximate surface area is 176 Å². The molecule has 5 nitrogen and oxygen atoms in total. The van der Waals surface area contributed by atoms with E-state index in [0.717, 1.165) is 21.8 Å². The number of anilines is 1. The van der Waals surface area contributed by atoms with E-state index in [9.17, 15) is 13.6 Å².